The number of hydrogen-bond acceptors (Lipinski definition) is 3. The number of H-pyrrole nitrogens is 1. The Balaban J connectivity index is 2.30. The summed E-state index contributed by atoms with van der Waals surface area (Å²) in [6, 6.07) is 0. The van der Waals surface area contributed by atoms with Crippen LogP contribution in [0.1, 0.15) is 51.9 Å². The Labute approximate surface area is 112 Å². The van der Waals surface area contributed by atoms with Crippen LogP contribution in [0.2, 0.25) is 0 Å². The summed E-state index contributed by atoms with van der Waals surface area (Å²) in [4.78, 5) is 29.1. The molecule has 2 heterocycles. The van der Waals surface area contributed by atoms with Crippen molar-refractivity contribution < 1.29 is 14.3 Å². The van der Waals surface area contributed by atoms with Crippen molar-refractivity contribution in [2.75, 3.05) is 19.7 Å². The van der Waals surface area contributed by atoms with E-state index in [1.165, 1.54) is 0 Å². The van der Waals surface area contributed by atoms with Gasteiger partial charge in [-0.15, -0.1) is 0 Å². The Morgan fingerprint density at radius 3 is 2.47 bits per heavy atom. The molecule has 5 heteroatoms. The molecule has 1 N–H and O–H groups in total. The smallest absolute Gasteiger partial charge is 0.340 e. The van der Waals surface area contributed by atoms with E-state index in [1.807, 2.05) is 4.90 Å². The number of nitrogens with one attached hydrogen (secondary N) is 1. The van der Waals surface area contributed by atoms with Crippen molar-refractivity contribution in [3.05, 3.63) is 22.5 Å². The first kappa shape index (κ1) is 13.6. The van der Waals surface area contributed by atoms with Crippen molar-refractivity contribution in [1.82, 2.24) is 9.88 Å². The van der Waals surface area contributed by atoms with Crippen LogP contribution in [0.3, 0.4) is 0 Å². The Hall–Kier alpha value is -1.78. The Morgan fingerprint density at radius 1 is 1.26 bits per heavy atom. The van der Waals surface area contributed by atoms with E-state index in [9.17, 15) is 9.59 Å². The van der Waals surface area contributed by atoms with Gasteiger partial charge in [0.25, 0.3) is 5.91 Å². The van der Waals surface area contributed by atoms with Gasteiger partial charge in [0.1, 0.15) is 5.69 Å². The van der Waals surface area contributed by atoms with Crippen LogP contribution in [-0.2, 0) is 4.74 Å². The second kappa shape index (κ2) is 5.47. The zero-order valence-electron chi connectivity index (χ0n) is 11.7. The molecule has 1 aromatic heterocycles. The number of carbonyl (C=O) groups excluding carboxylic acids is 2. The minimum Gasteiger partial charge on any atom is -0.462 e. The van der Waals surface area contributed by atoms with E-state index in [1.54, 1.807) is 20.8 Å². The molecule has 0 aromatic carbocycles. The van der Waals surface area contributed by atoms with E-state index in [2.05, 4.69) is 4.98 Å². The molecule has 0 bridgehead atoms. The zero-order chi connectivity index (χ0) is 14.0. The molecule has 1 fully saturated rings. The number of carbonyl (C=O) groups is 2. The fraction of sp³-hybridized carbons (Fsp3) is 0.571. The fourth-order valence-electron chi connectivity index (χ4n) is 2.55. The van der Waals surface area contributed by atoms with Crippen LogP contribution in [0.5, 0.6) is 0 Å². The summed E-state index contributed by atoms with van der Waals surface area (Å²) in [5, 5.41) is 0. The van der Waals surface area contributed by atoms with Crippen LogP contribution in [0, 0.1) is 13.8 Å². The fourth-order valence-corrected chi connectivity index (χ4v) is 2.55. The average Bonchev–Trinajstić information content (AvgIpc) is 2.97. The summed E-state index contributed by atoms with van der Waals surface area (Å²) >= 11 is 0. The summed E-state index contributed by atoms with van der Waals surface area (Å²) < 4.78 is 5.02. The third-order valence-electron chi connectivity index (χ3n) is 3.52. The third kappa shape index (κ3) is 2.50. The molecule has 19 heavy (non-hydrogen) atoms. The van der Waals surface area contributed by atoms with Crippen LogP contribution in [-0.4, -0.2) is 41.5 Å². The molecule has 0 radical (unpaired) electrons. The lowest BCUT2D eigenvalue weighted by atomic mass is 10.1. The number of esters is 1. The highest BCUT2D eigenvalue weighted by molar-refractivity contribution is 6.00. The van der Waals surface area contributed by atoms with Gasteiger partial charge in [-0.2, -0.15) is 0 Å². The first-order chi connectivity index (χ1) is 9.06. The van der Waals surface area contributed by atoms with Crippen LogP contribution < -0.4 is 0 Å². The van der Waals surface area contributed by atoms with Gasteiger partial charge in [0.15, 0.2) is 0 Å². The molecule has 0 atom stereocenters. The number of likely N-dealkylation sites (tertiary alicyclic amines) is 1. The van der Waals surface area contributed by atoms with Gasteiger partial charge >= 0.3 is 5.97 Å². The highest BCUT2D eigenvalue weighted by Gasteiger charge is 2.27. The number of aromatic amines is 1. The lowest BCUT2D eigenvalue weighted by Crippen LogP contribution is -2.28. The predicted octanol–water partition coefficient (Wildman–Crippen LogP) is 2.04. The van der Waals surface area contributed by atoms with E-state index in [0.29, 0.717) is 29.1 Å². The lowest BCUT2D eigenvalue weighted by molar-refractivity contribution is 0.0525. The highest BCUT2D eigenvalue weighted by Crippen LogP contribution is 2.22. The number of nitrogens with zero attached hydrogens (tertiary/aromatic N) is 1. The van der Waals surface area contributed by atoms with Gasteiger partial charge in [0, 0.05) is 18.8 Å². The van der Waals surface area contributed by atoms with E-state index < -0.39 is 0 Å². The lowest BCUT2D eigenvalue weighted by Gasteiger charge is -2.14. The van der Waals surface area contributed by atoms with Gasteiger partial charge < -0.3 is 14.6 Å². The van der Waals surface area contributed by atoms with Gasteiger partial charge in [0.05, 0.1) is 12.2 Å². The Morgan fingerprint density at radius 2 is 1.89 bits per heavy atom. The normalized spacial score (nSPS) is 14.8. The largest absolute Gasteiger partial charge is 0.462 e. The monoisotopic (exact) mass is 264 g/mol. The van der Waals surface area contributed by atoms with Gasteiger partial charge in [-0.1, -0.05) is 0 Å². The SMILES string of the molecule is CCOC(=O)c1c(C)[nH]c(C(=O)N2CCCC2)c1C. The van der Waals surface area contributed by atoms with Crippen LogP contribution in [0.15, 0.2) is 0 Å². The van der Waals surface area contributed by atoms with E-state index in [-0.39, 0.29) is 11.9 Å². The van der Waals surface area contributed by atoms with Gasteiger partial charge in [0.2, 0.25) is 0 Å². The molecule has 2 rings (SSSR count). The molecule has 5 nitrogen and oxygen atoms in total. The maximum absolute atomic E-state index is 12.4. The third-order valence-corrected chi connectivity index (χ3v) is 3.52. The number of aryl methyl sites for hydroxylation is 1. The Kier molecular flexibility index (Phi) is 3.93. The quantitative estimate of drug-likeness (QED) is 0.850. The molecule has 1 saturated heterocycles. The van der Waals surface area contributed by atoms with Crippen molar-refractivity contribution in [1.29, 1.82) is 0 Å². The van der Waals surface area contributed by atoms with Crippen molar-refractivity contribution in [2.45, 2.75) is 33.6 Å². The summed E-state index contributed by atoms with van der Waals surface area (Å²) in [6.07, 6.45) is 2.10. The molecule has 0 spiro atoms. The molecule has 1 aliphatic rings. The van der Waals surface area contributed by atoms with Crippen molar-refractivity contribution in [3.63, 3.8) is 0 Å². The molecular formula is C14H20N2O3. The Bertz CT molecular complexity index is 499. The van der Waals surface area contributed by atoms with Crippen molar-refractivity contribution in [3.8, 4) is 0 Å². The van der Waals surface area contributed by atoms with Crippen LogP contribution in [0.4, 0.5) is 0 Å². The van der Waals surface area contributed by atoms with Crippen molar-refractivity contribution in [2.24, 2.45) is 0 Å². The summed E-state index contributed by atoms with van der Waals surface area (Å²) in [7, 11) is 0. The molecule has 0 unspecified atom stereocenters. The number of hydrogen-bond donors (Lipinski definition) is 1. The van der Waals surface area contributed by atoms with Crippen molar-refractivity contribution >= 4 is 11.9 Å². The first-order valence-electron chi connectivity index (χ1n) is 6.71. The van der Waals surface area contributed by atoms with Gasteiger partial charge in [-0.05, 0) is 39.2 Å². The topological polar surface area (TPSA) is 62.4 Å². The summed E-state index contributed by atoms with van der Waals surface area (Å²) in [5.41, 5.74) is 2.39. The minimum atomic E-state index is -0.366. The molecule has 104 valence electrons. The number of ether oxygens (including phenoxy) is 1. The molecule has 1 amide bonds. The molecule has 0 aliphatic carbocycles. The summed E-state index contributed by atoms with van der Waals surface area (Å²) in [5.74, 6) is -0.386. The standard InChI is InChI=1S/C14H20N2O3/c1-4-19-14(18)11-9(2)12(15-10(11)3)13(17)16-7-5-6-8-16/h15H,4-8H2,1-3H3. The second-order valence-corrected chi connectivity index (χ2v) is 4.84. The minimum absolute atomic E-state index is 0.0198. The zero-order valence-corrected chi connectivity index (χ0v) is 11.7. The van der Waals surface area contributed by atoms with Gasteiger partial charge in [-0.25, -0.2) is 4.79 Å². The molecule has 1 aliphatic heterocycles. The van der Waals surface area contributed by atoms with Crippen LogP contribution in [0.25, 0.3) is 0 Å². The maximum atomic E-state index is 12.4. The molecule has 1 aromatic rings. The van der Waals surface area contributed by atoms with Crippen LogP contribution >= 0.6 is 0 Å². The van der Waals surface area contributed by atoms with Gasteiger partial charge in [-0.3, -0.25) is 4.79 Å². The average molecular weight is 264 g/mol. The van der Waals surface area contributed by atoms with E-state index >= 15 is 0 Å². The highest BCUT2D eigenvalue weighted by atomic mass is 16.5. The first-order valence-corrected chi connectivity index (χ1v) is 6.71. The van der Waals surface area contributed by atoms with E-state index in [0.717, 1.165) is 25.9 Å². The number of rotatable bonds is 3. The predicted molar refractivity (Wildman–Crippen MR) is 71.4 cm³/mol. The molecule has 0 saturated carbocycles. The van der Waals surface area contributed by atoms with E-state index in [4.69, 9.17) is 4.74 Å². The maximum Gasteiger partial charge on any atom is 0.340 e. The summed E-state index contributed by atoms with van der Waals surface area (Å²) in [6.45, 7) is 7.28. The number of amides is 1. The molecular weight excluding hydrogens is 244 g/mol. The number of aromatic nitrogens is 1. The second-order valence-electron chi connectivity index (χ2n) is 4.84.